The van der Waals surface area contributed by atoms with Crippen LogP contribution in [0.5, 0.6) is 0 Å². The minimum atomic E-state index is -0.515. The van der Waals surface area contributed by atoms with E-state index in [0.717, 1.165) is 0 Å². The van der Waals surface area contributed by atoms with Crippen molar-refractivity contribution < 1.29 is 0 Å². The zero-order valence-electron chi connectivity index (χ0n) is 6.81. The average Bonchev–Trinajstić information content (AvgIpc) is 2.10. The third-order valence-corrected chi connectivity index (χ3v) is 1.96. The lowest BCUT2D eigenvalue weighted by molar-refractivity contribution is 0.843. The number of hydrogen-bond acceptors (Lipinski definition) is 1. The van der Waals surface area contributed by atoms with E-state index in [9.17, 15) is 0 Å². The average molecular weight is 193 g/mol. The van der Waals surface area contributed by atoms with E-state index in [1.165, 1.54) is 0 Å². The van der Waals surface area contributed by atoms with Crippen molar-refractivity contribution in [3.63, 3.8) is 0 Å². The minimum Gasteiger partial charge on any atom is -0.198 e. The molecule has 0 aliphatic carbocycles. The fourth-order valence-corrected chi connectivity index (χ4v) is 1.23. The molecule has 0 fully saturated rings. The van der Waals surface area contributed by atoms with Crippen LogP contribution in [0.4, 0.5) is 0 Å². The van der Waals surface area contributed by atoms with Crippen LogP contribution in [0.2, 0.25) is 5.02 Å². The number of hydrogen-bond donors (Lipinski definition) is 0. The lowest BCUT2D eigenvalue weighted by Crippen LogP contribution is -2.02. The molecule has 1 aromatic rings. The van der Waals surface area contributed by atoms with Gasteiger partial charge >= 0.3 is 0 Å². The molecule has 0 aliphatic heterocycles. The van der Waals surface area contributed by atoms with Crippen molar-refractivity contribution in [1.29, 1.82) is 5.26 Å². The minimum absolute atomic E-state index is 0. The lowest BCUT2D eigenvalue weighted by Gasteiger charge is -2.06. The Morgan fingerprint density at radius 1 is 1.38 bits per heavy atom. The third-order valence-electron chi connectivity index (χ3n) is 1.62. The fourth-order valence-electron chi connectivity index (χ4n) is 0.966. The molecule has 1 rings (SSSR count). The van der Waals surface area contributed by atoms with Gasteiger partial charge in [-0.15, -0.1) is 5.73 Å². The van der Waals surface area contributed by atoms with Crippen molar-refractivity contribution in [1.82, 2.24) is 11.9 Å². The summed E-state index contributed by atoms with van der Waals surface area (Å²) < 4.78 is 0. The number of benzene rings is 1. The molecule has 0 spiro atoms. The van der Waals surface area contributed by atoms with E-state index in [1.54, 1.807) is 24.3 Å². The van der Waals surface area contributed by atoms with Crippen LogP contribution in [0.15, 0.2) is 24.3 Å². The van der Waals surface area contributed by atoms with Gasteiger partial charge in [-0.05, 0) is 11.6 Å². The predicted octanol–water partition coefficient (Wildman–Crippen LogP) is 1.54. The molecule has 1 atom stereocenters. The Labute approximate surface area is 82.7 Å². The van der Waals surface area contributed by atoms with Crippen molar-refractivity contribution >= 4 is 11.6 Å². The van der Waals surface area contributed by atoms with Gasteiger partial charge in [0.05, 0.1) is 18.5 Å². The number of nitrogens with zero attached hydrogens (tertiary/aromatic N) is 3. The fraction of sp³-hybridized carbons (Fsp3) is 0.222. The Morgan fingerprint density at radius 2 is 2.00 bits per heavy atom. The smallest absolute Gasteiger partial charge is 0.0883 e. The van der Waals surface area contributed by atoms with E-state index >= 15 is 0 Å². The molecule has 5 radical (unpaired) electrons. The first kappa shape index (κ1) is 11.9. The van der Waals surface area contributed by atoms with Crippen LogP contribution >= 0.6 is 11.6 Å². The van der Waals surface area contributed by atoms with Gasteiger partial charge in [0.25, 0.3) is 0 Å². The first-order valence-corrected chi connectivity index (χ1v) is 3.92. The van der Waals surface area contributed by atoms with Gasteiger partial charge in [-0.3, -0.25) is 0 Å². The van der Waals surface area contributed by atoms with Gasteiger partial charge in [0.2, 0.25) is 0 Å². The monoisotopic (exact) mass is 192 g/mol. The molecular formula is C9H7ClN3. The second kappa shape index (κ2) is 5.55. The summed E-state index contributed by atoms with van der Waals surface area (Å²) in [5.41, 5.74) is 9.51. The van der Waals surface area contributed by atoms with E-state index in [4.69, 9.17) is 22.6 Å². The highest BCUT2D eigenvalue weighted by atomic mass is 35.5. The molecule has 3 nitrogen and oxygen atoms in total. The third kappa shape index (κ3) is 2.71. The first-order chi connectivity index (χ1) is 5.79. The van der Waals surface area contributed by atoms with E-state index in [-0.39, 0.29) is 12.7 Å². The Morgan fingerprint density at radius 3 is 2.46 bits per heavy atom. The lowest BCUT2D eigenvalue weighted by atomic mass is 10.0. The van der Waals surface area contributed by atoms with Crippen molar-refractivity contribution in [3.8, 4) is 6.07 Å². The SMILES string of the molecule is [N].[N]CC(C#N)c1ccccc1Cl. The highest BCUT2D eigenvalue weighted by Gasteiger charge is 2.11. The van der Waals surface area contributed by atoms with Crippen LogP contribution in [0.1, 0.15) is 11.5 Å². The summed E-state index contributed by atoms with van der Waals surface area (Å²) in [6.45, 7) is -0.194. The number of halogens is 1. The Bertz CT molecular complexity index is 306. The molecular weight excluding hydrogens is 186 g/mol. The molecule has 0 amide bonds. The van der Waals surface area contributed by atoms with Gasteiger partial charge in [0.1, 0.15) is 0 Å². The summed E-state index contributed by atoms with van der Waals surface area (Å²) in [5.74, 6) is -0.515. The molecule has 0 saturated heterocycles. The molecule has 1 aromatic carbocycles. The predicted molar refractivity (Wildman–Crippen MR) is 48.9 cm³/mol. The first-order valence-electron chi connectivity index (χ1n) is 3.54. The molecule has 65 valence electrons. The molecule has 0 aliphatic rings. The molecule has 0 heterocycles. The highest BCUT2D eigenvalue weighted by molar-refractivity contribution is 6.31. The van der Waals surface area contributed by atoms with Gasteiger partial charge in [0.15, 0.2) is 0 Å². The van der Waals surface area contributed by atoms with Gasteiger partial charge in [-0.1, -0.05) is 29.8 Å². The van der Waals surface area contributed by atoms with Crippen LogP contribution in [0.3, 0.4) is 0 Å². The number of rotatable bonds is 2. The molecule has 0 bridgehead atoms. The van der Waals surface area contributed by atoms with E-state index in [1.807, 2.05) is 6.07 Å². The Balaban J connectivity index is 0.00000144. The Hall–Kier alpha value is -1.08. The maximum absolute atomic E-state index is 8.82. The van der Waals surface area contributed by atoms with Crippen molar-refractivity contribution in [2.24, 2.45) is 0 Å². The topological polar surface area (TPSA) is 76.6 Å². The summed E-state index contributed by atoms with van der Waals surface area (Å²) in [7, 11) is 0. The standard InChI is InChI=1S/C9H7ClN2.N/c10-9-4-2-1-3-8(9)7(5-11)6-12;/h1-4,7H,5H2;. The van der Waals surface area contributed by atoms with Gasteiger partial charge in [-0.2, -0.15) is 5.26 Å². The molecule has 0 aromatic heterocycles. The van der Waals surface area contributed by atoms with E-state index in [0.29, 0.717) is 10.6 Å². The summed E-state index contributed by atoms with van der Waals surface area (Å²) in [4.78, 5) is 0. The van der Waals surface area contributed by atoms with E-state index in [2.05, 4.69) is 0 Å². The largest absolute Gasteiger partial charge is 0.198 e. The highest BCUT2D eigenvalue weighted by Crippen LogP contribution is 2.22. The zero-order chi connectivity index (χ0) is 8.97. The van der Waals surface area contributed by atoms with E-state index < -0.39 is 5.92 Å². The zero-order valence-corrected chi connectivity index (χ0v) is 7.57. The molecule has 13 heavy (non-hydrogen) atoms. The maximum atomic E-state index is 8.82. The maximum Gasteiger partial charge on any atom is 0.0883 e. The molecule has 0 saturated carbocycles. The van der Waals surface area contributed by atoms with Gasteiger partial charge in [-0.25, -0.2) is 0 Å². The van der Waals surface area contributed by atoms with Gasteiger partial charge in [0, 0.05) is 11.2 Å². The quantitative estimate of drug-likeness (QED) is 0.700. The van der Waals surface area contributed by atoms with Crippen molar-refractivity contribution in [3.05, 3.63) is 34.9 Å². The summed E-state index contributed by atoms with van der Waals surface area (Å²) in [5, 5.41) is 9.16. The van der Waals surface area contributed by atoms with Crippen molar-refractivity contribution in [2.75, 3.05) is 6.54 Å². The van der Waals surface area contributed by atoms with Crippen LogP contribution in [-0.4, -0.2) is 6.54 Å². The second-order valence-corrected chi connectivity index (χ2v) is 2.79. The van der Waals surface area contributed by atoms with Gasteiger partial charge < -0.3 is 0 Å². The Kier molecular flexibility index (Phi) is 5.09. The summed E-state index contributed by atoms with van der Waals surface area (Å²) >= 11 is 5.81. The molecule has 1 unspecified atom stereocenters. The van der Waals surface area contributed by atoms with Crippen LogP contribution in [0.25, 0.3) is 0 Å². The van der Waals surface area contributed by atoms with Crippen LogP contribution < -0.4 is 11.9 Å². The number of nitriles is 1. The molecule has 4 heteroatoms. The summed E-state index contributed by atoms with van der Waals surface area (Å²) in [6.07, 6.45) is 0. The van der Waals surface area contributed by atoms with Crippen LogP contribution in [0, 0.1) is 11.3 Å². The van der Waals surface area contributed by atoms with Crippen LogP contribution in [-0.2, 0) is 0 Å². The summed E-state index contributed by atoms with van der Waals surface area (Å²) in [6, 6.07) is 9.00. The molecule has 0 N–H and O–H groups in total. The second-order valence-electron chi connectivity index (χ2n) is 2.39. The normalized spacial score (nSPS) is 11.2. The van der Waals surface area contributed by atoms with Crippen molar-refractivity contribution in [2.45, 2.75) is 5.92 Å².